The quantitative estimate of drug-likeness (QED) is 0.456. The summed E-state index contributed by atoms with van der Waals surface area (Å²) in [6.07, 6.45) is 1.17. The van der Waals surface area contributed by atoms with Crippen LogP contribution in [0, 0.1) is 0 Å². The summed E-state index contributed by atoms with van der Waals surface area (Å²) < 4.78 is 10.5. The number of carbonyl (C=O) groups is 2. The Morgan fingerprint density at radius 1 is 0.957 bits per heavy atom. The molecule has 0 amide bonds. The number of carbonyl (C=O) groups excluding carboxylic acids is 2. The molecule has 6 nitrogen and oxygen atoms in total. The van der Waals surface area contributed by atoms with Gasteiger partial charge in [0.2, 0.25) is 5.78 Å². The highest BCUT2D eigenvalue weighted by Gasteiger charge is 2.35. The number of hydrogen-bond donors (Lipinski definition) is 1. The summed E-state index contributed by atoms with van der Waals surface area (Å²) >= 11 is 0. The third-order valence-corrected chi connectivity index (χ3v) is 3.74. The smallest absolute Gasteiger partial charge is 0.201 e. The topological polar surface area (TPSA) is 85.2 Å². The number of rotatable bonds is 3. The largest absolute Gasteiger partial charge is 0.496 e. The highest BCUT2D eigenvalue weighted by atomic mass is 16.5. The molecule has 2 aromatic carbocycles. The molecule has 0 saturated carbocycles. The van der Waals surface area contributed by atoms with Crippen molar-refractivity contribution in [1.82, 2.24) is 0 Å². The molecule has 3 rings (SSSR count). The number of methoxy groups -OCH3 is 2. The molecular formula is C17H13NO5. The number of ketones is 2. The fraction of sp³-hybridized carbons (Fsp3) is 0.118. The van der Waals surface area contributed by atoms with Crippen molar-refractivity contribution in [2.24, 2.45) is 5.16 Å². The molecule has 1 aliphatic rings. The maximum absolute atomic E-state index is 12.9. The van der Waals surface area contributed by atoms with Crippen LogP contribution in [0.15, 0.2) is 35.5 Å². The Bertz CT molecular complexity index is 854. The van der Waals surface area contributed by atoms with Crippen molar-refractivity contribution in [3.05, 3.63) is 58.1 Å². The van der Waals surface area contributed by atoms with Gasteiger partial charge in [-0.25, -0.2) is 0 Å². The van der Waals surface area contributed by atoms with E-state index in [1.165, 1.54) is 32.6 Å². The van der Waals surface area contributed by atoms with Gasteiger partial charge in [-0.15, -0.1) is 0 Å². The third kappa shape index (κ3) is 2.15. The Morgan fingerprint density at radius 3 is 2.30 bits per heavy atom. The highest BCUT2D eigenvalue weighted by molar-refractivity contribution is 6.30. The molecule has 2 aromatic rings. The summed E-state index contributed by atoms with van der Waals surface area (Å²) in [5.74, 6) is -0.0572. The zero-order valence-electron chi connectivity index (χ0n) is 12.5. The number of benzene rings is 2. The molecule has 23 heavy (non-hydrogen) atoms. The second kappa shape index (κ2) is 5.57. The molecule has 0 aromatic heterocycles. The molecule has 0 spiro atoms. The van der Waals surface area contributed by atoms with Crippen molar-refractivity contribution in [1.29, 1.82) is 0 Å². The second-order valence-corrected chi connectivity index (χ2v) is 4.93. The van der Waals surface area contributed by atoms with Crippen LogP contribution in [0.1, 0.15) is 37.4 Å². The average Bonchev–Trinajstić information content (AvgIpc) is 2.58. The van der Waals surface area contributed by atoms with E-state index < -0.39 is 0 Å². The zero-order valence-corrected chi connectivity index (χ0v) is 12.5. The van der Waals surface area contributed by atoms with E-state index in [4.69, 9.17) is 14.7 Å². The van der Waals surface area contributed by atoms with E-state index in [-0.39, 0.29) is 39.6 Å². The summed E-state index contributed by atoms with van der Waals surface area (Å²) in [4.78, 5) is 25.7. The molecule has 116 valence electrons. The van der Waals surface area contributed by atoms with Crippen molar-refractivity contribution in [3.8, 4) is 11.5 Å². The first-order chi connectivity index (χ1) is 11.1. The summed E-state index contributed by atoms with van der Waals surface area (Å²) in [7, 11) is 2.85. The van der Waals surface area contributed by atoms with Crippen molar-refractivity contribution in [3.63, 3.8) is 0 Å². The lowest BCUT2D eigenvalue weighted by atomic mass is 9.82. The van der Waals surface area contributed by atoms with E-state index >= 15 is 0 Å². The Labute approximate surface area is 132 Å². The number of ether oxygens (including phenoxy) is 2. The first-order valence-corrected chi connectivity index (χ1v) is 6.78. The number of fused-ring (bicyclic) bond motifs is 2. The number of hydrogen-bond acceptors (Lipinski definition) is 6. The minimum atomic E-state index is -0.337. The third-order valence-electron chi connectivity index (χ3n) is 3.74. The fourth-order valence-electron chi connectivity index (χ4n) is 2.75. The molecule has 1 N–H and O–H groups in total. The predicted molar refractivity (Wildman–Crippen MR) is 82.2 cm³/mol. The van der Waals surface area contributed by atoms with Crippen LogP contribution >= 0.6 is 0 Å². The molecule has 0 heterocycles. The lowest BCUT2D eigenvalue weighted by Crippen LogP contribution is -2.23. The minimum absolute atomic E-state index is 0.185. The van der Waals surface area contributed by atoms with Crippen LogP contribution in [0.5, 0.6) is 11.5 Å². The lowest BCUT2D eigenvalue weighted by Gasteiger charge is -2.21. The van der Waals surface area contributed by atoms with Gasteiger partial charge in [-0.05, 0) is 18.2 Å². The molecule has 0 saturated heterocycles. The van der Waals surface area contributed by atoms with Gasteiger partial charge in [0.05, 0.1) is 31.6 Å². The highest BCUT2D eigenvalue weighted by Crippen LogP contribution is 2.37. The number of nitrogens with zero attached hydrogens (tertiary/aromatic N) is 1. The van der Waals surface area contributed by atoms with Gasteiger partial charge in [-0.1, -0.05) is 17.3 Å². The van der Waals surface area contributed by atoms with Gasteiger partial charge in [0.1, 0.15) is 11.5 Å². The molecular weight excluding hydrogens is 298 g/mol. The second-order valence-electron chi connectivity index (χ2n) is 4.93. The molecule has 0 aliphatic heterocycles. The maximum atomic E-state index is 12.9. The van der Waals surface area contributed by atoms with E-state index in [2.05, 4.69) is 5.16 Å². The van der Waals surface area contributed by atoms with E-state index in [1.54, 1.807) is 18.2 Å². The first-order valence-electron chi connectivity index (χ1n) is 6.78. The van der Waals surface area contributed by atoms with Crippen LogP contribution < -0.4 is 9.47 Å². The fourth-order valence-corrected chi connectivity index (χ4v) is 2.75. The minimum Gasteiger partial charge on any atom is -0.496 e. The van der Waals surface area contributed by atoms with Crippen LogP contribution in [0.2, 0.25) is 0 Å². The average molecular weight is 311 g/mol. The lowest BCUT2D eigenvalue weighted by molar-refractivity contribution is 0.0974. The van der Waals surface area contributed by atoms with Gasteiger partial charge in [0, 0.05) is 16.7 Å². The molecule has 6 heteroatoms. The Balaban J connectivity index is 2.33. The van der Waals surface area contributed by atoms with E-state index in [1.807, 2.05) is 0 Å². The Morgan fingerprint density at radius 2 is 1.65 bits per heavy atom. The normalized spacial score (nSPS) is 13.0. The van der Waals surface area contributed by atoms with E-state index in [0.717, 1.165) is 0 Å². The van der Waals surface area contributed by atoms with Crippen LogP contribution in [0.3, 0.4) is 0 Å². The standard InChI is InChI=1S/C17H13NO5/c1-22-12-5-3-4-10-14(12)17(20)15-11(16(10)19)6-9(8-18-21)7-13(15)23-2/h3-8,21H,1-2H3/b18-8-. The van der Waals surface area contributed by atoms with Crippen molar-refractivity contribution >= 4 is 17.8 Å². The molecule has 1 aliphatic carbocycles. The van der Waals surface area contributed by atoms with Crippen molar-refractivity contribution in [2.45, 2.75) is 0 Å². The monoisotopic (exact) mass is 311 g/mol. The van der Waals surface area contributed by atoms with Crippen molar-refractivity contribution < 1.29 is 24.3 Å². The SMILES string of the molecule is COc1cccc2c1C(=O)c1c(OC)cc(/C=N\O)cc1C2=O. The first kappa shape index (κ1) is 14.8. The van der Waals surface area contributed by atoms with Gasteiger partial charge in [-0.3, -0.25) is 9.59 Å². The van der Waals surface area contributed by atoms with Crippen LogP contribution in [0.4, 0.5) is 0 Å². The zero-order chi connectivity index (χ0) is 16.6. The van der Waals surface area contributed by atoms with E-state index in [0.29, 0.717) is 11.3 Å². The van der Waals surface area contributed by atoms with Crippen molar-refractivity contribution in [2.75, 3.05) is 14.2 Å². The van der Waals surface area contributed by atoms with Gasteiger partial charge < -0.3 is 14.7 Å². The summed E-state index contributed by atoms with van der Waals surface area (Å²) in [5, 5.41) is 11.6. The summed E-state index contributed by atoms with van der Waals surface area (Å²) in [5.41, 5.74) is 1.36. The molecule has 0 bridgehead atoms. The predicted octanol–water partition coefficient (Wildman–Crippen LogP) is 2.29. The number of oxime groups is 1. The van der Waals surface area contributed by atoms with Crippen LogP contribution in [0.25, 0.3) is 0 Å². The Kier molecular flexibility index (Phi) is 3.57. The molecule has 0 atom stereocenters. The van der Waals surface area contributed by atoms with E-state index in [9.17, 15) is 9.59 Å². The Hall–Kier alpha value is -3.15. The summed E-state index contributed by atoms with van der Waals surface area (Å²) in [6, 6.07) is 7.91. The molecule has 0 fully saturated rings. The van der Waals surface area contributed by atoms with Crippen LogP contribution in [-0.4, -0.2) is 37.2 Å². The maximum Gasteiger partial charge on any atom is 0.201 e. The van der Waals surface area contributed by atoms with Gasteiger partial charge in [0.25, 0.3) is 0 Å². The van der Waals surface area contributed by atoms with Crippen LogP contribution in [-0.2, 0) is 0 Å². The van der Waals surface area contributed by atoms with Gasteiger partial charge in [-0.2, -0.15) is 0 Å². The van der Waals surface area contributed by atoms with Gasteiger partial charge in [0.15, 0.2) is 5.78 Å². The molecule has 0 radical (unpaired) electrons. The van der Waals surface area contributed by atoms with Gasteiger partial charge >= 0.3 is 0 Å². The summed E-state index contributed by atoms with van der Waals surface area (Å²) in [6.45, 7) is 0. The molecule has 0 unspecified atom stereocenters.